The lowest BCUT2D eigenvalue weighted by atomic mass is 9.98. The van der Waals surface area contributed by atoms with Crippen LogP contribution in [0.2, 0.25) is 0 Å². The number of carbonyl (C=O) groups is 1. The second kappa shape index (κ2) is 7.20. The van der Waals surface area contributed by atoms with Crippen LogP contribution in [-0.4, -0.2) is 22.1 Å². The highest BCUT2D eigenvalue weighted by atomic mass is 79.9. The molecule has 0 aliphatic heterocycles. The van der Waals surface area contributed by atoms with Crippen molar-refractivity contribution in [2.75, 3.05) is 5.73 Å². The van der Waals surface area contributed by atoms with E-state index in [2.05, 4.69) is 20.9 Å². The van der Waals surface area contributed by atoms with Crippen molar-refractivity contribution in [1.82, 2.24) is 4.98 Å². The molecule has 5 nitrogen and oxygen atoms in total. The van der Waals surface area contributed by atoms with Crippen LogP contribution in [0.4, 0.5) is 5.82 Å². The number of hydrogen-bond donors (Lipinski definition) is 3. The summed E-state index contributed by atoms with van der Waals surface area (Å²) in [6, 6.07) is 1.83. The molecule has 2 aromatic heterocycles. The van der Waals surface area contributed by atoms with Gasteiger partial charge >= 0.3 is 0 Å². The van der Waals surface area contributed by atoms with E-state index in [-0.39, 0.29) is 6.10 Å². The highest BCUT2D eigenvalue weighted by Crippen LogP contribution is 2.34. The molecule has 0 saturated heterocycles. The average molecular weight is 372 g/mol. The first kappa shape index (κ1) is 16.2. The third kappa shape index (κ3) is 4.15. The molecular weight excluding hydrogens is 354 g/mol. The molecule has 0 unspecified atom stereocenters. The second-order valence-corrected chi connectivity index (χ2v) is 7.44. The predicted molar refractivity (Wildman–Crippen MR) is 89.3 cm³/mol. The zero-order chi connectivity index (χ0) is 15.4. The van der Waals surface area contributed by atoms with Crippen LogP contribution < -0.4 is 11.5 Å². The molecule has 1 amide bonds. The maximum Gasteiger partial charge on any atom is 0.251 e. The van der Waals surface area contributed by atoms with E-state index in [4.69, 9.17) is 16.6 Å². The van der Waals surface area contributed by atoms with Gasteiger partial charge in [0, 0.05) is 11.6 Å². The fraction of sp³-hybridized carbons (Fsp3) is 0.429. The number of nitrogens with zero attached hydrogens (tertiary/aromatic N) is 1. The van der Waals surface area contributed by atoms with Crippen molar-refractivity contribution in [3.05, 3.63) is 21.6 Å². The largest absolute Gasteiger partial charge is 0.393 e. The second-order valence-electron chi connectivity index (χ2n) is 5.01. The minimum Gasteiger partial charge on any atom is -0.393 e. The van der Waals surface area contributed by atoms with Gasteiger partial charge in [-0.05, 0) is 34.8 Å². The minimum absolute atomic E-state index is 0.0359. The fourth-order valence-electron chi connectivity index (χ4n) is 2.27. The molecule has 0 bridgehead atoms. The number of hydrogen-bond acceptors (Lipinski definition) is 5. The molecule has 3 rings (SSSR count). The summed E-state index contributed by atoms with van der Waals surface area (Å²) in [6.07, 6.45) is 7.33. The number of fused-ring (bicyclic) bond motifs is 1. The number of aliphatic hydroxyl groups is 1. The molecule has 1 aliphatic carbocycles. The molecule has 1 aliphatic rings. The molecule has 1 fully saturated rings. The highest BCUT2D eigenvalue weighted by Gasteiger charge is 2.12. The minimum atomic E-state index is -0.489. The molecular formula is C14H18BrN3O2S. The van der Waals surface area contributed by atoms with E-state index in [1.54, 1.807) is 0 Å². The van der Waals surface area contributed by atoms with Crippen molar-refractivity contribution in [2.24, 2.45) is 5.73 Å². The van der Waals surface area contributed by atoms with Crippen LogP contribution >= 0.6 is 27.3 Å². The van der Waals surface area contributed by atoms with Crippen LogP contribution in [-0.2, 0) is 0 Å². The van der Waals surface area contributed by atoms with E-state index in [1.807, 2.05) is 6.07 Å². The van der Waals surface area contributed by atoms with Gasteiger partial charge in [-0.1, -0.05) is 19.3 Å². The van der Waals surface area contributed by atoms with E-state index in [0.717, 1.165) is 26.7 Å². The first-order chi connectivity index (χ1) is 9.99. The summed E-state index contributed by atoms with van der Waals surface area (Å²) >= 11 is 4.74. The van der Waals surface area contributed by atoms with Crippen LogP contribution in [0.25, 0.3) is 10.1 Å². The Labute approximate surface area is 135 Å². The molecule has 5 N–H and O–H groups in total. The quantitative estimate of drug-likeness (QED) is 0.716. The SMILES string of the molecule is NC(=O)c1cnc(N)c2cc(Br)sc12.OC1CCCCC1. The summed E-state index contributed by atoms with van der Waals surface area (Å²) < 4.78 is 1.67. The highest BCUT2D eigenvalue weighted by molar-refractivity contribution is 9.11. The van der Waals surface area contributed by atoms with Gasteiger partial charge in [0.15, 0.2) is 0 Å². The number of nitrogen functional groups attached to an aromatic ring is 1. The van der Waals surface area contributed by atoms with Crippen LogP contribution in [0.1, 0.15) is 42.5 Å². The summed E-state index contributed by atoms with van der Waals surface area (Å²) in [6.45, 7) is 0. The number of carbonyl (C=O) groups excluding carboxylic acids is 1. The number of nitrogens with two attached hydrogens (primary N) is 2. The van der Waals surface area contributed by atoms with Crippen molar-refractivity contribution in [3.8, 4) is 0 Å². The third-order valence-electron chi connectivity index (χ3n) is 3.40. The smallest absolute Gasteiger partial charge is 0.251 e. The topological polar surface area (TPSA) is 102 Å². The van der Waals surface area contributed by atoms with Gasteiger partial charge in [0.25, 0.3) is 5.91 Å². The van der Waals surface area contributed by atoms with Gasteiger partial charge in [-0.2, -0.15) is 0 Å². The lowest BCUT2D eigenvalue weighted by Gasteiger charge is -2.14. The number of rotatable bonds is 1. The van der Waals surface area contributed by atoms with Crippen molar-refractivity contribution in [2.45, 2.75) is 38.2 Å². The van der Waals surface area contributed by atoms with Crippen molar-refractivity contribution >= 4 is 49.1 Å². The van der Waals surface area contributed by atoms with Gasteiger partial charge < -0.3 is 16.6 Å². The molecule has 21 heavy (non-hydrogen) atoms. The molecule has 0 radical (unpaired) electrons. The first-order valence-corrected chi connectivity index (χ1v) is 8.41. The van der Waals surface area contributed by atoms with Gasteiger partial charge in [-0.3, -0.25) is 4.79 Å². The standard InChI is InChI=1S/C8H6BrN3OS.C6H12O/c9-5-1-3-6(14-5)4(8(11)13)2-12-7(3)10;7-6-4-2-1-3-5-6/h1-2H,(H2,10,12)(H2,11,13);6-7H,1-5H2. The van der Waals surface area contributed by atoms with Crippen LogP contribution in [0.5, 0.6) is 0 Å². The first-order valence-electron chi connectivity index (χ1n) is 6.80. The third-order valence-corrected chi connectivity index (χ3v) is 5.07. The van der Waals surface area contributed by atoms with E-state index >= 15 is 0 Å². The Kier molecular flexibility index (Phi) is 5.55. The van der Waals surface area contributed by atoms with Gasteiger partial charge in [0.2, 0.25) is 0 Å². The Bertz CT molecular complexity index is 638. The Morgan fingerprint density at radius 1 is 1.38 bits per heavy atom. The number of pyridine rings is 1. The number of amides is 1. The zero-order valence-corrected chi connectivity index (χ0v) is 13.9. The van der Waals surface area contributed by atoms with Crippen LogP contribution in [0.15, 0.2) is 16.0 Å². The lowest BCUT2D eigenvalue weighted by molar-refractivity contribution is 0.100. The average Bonchev–Trinajstić information content (AvgIpc) is 2.83. The summed E-state index contributed by atoms with van der Waals surface area (Å²) in [5.41, 5.74) is 11.3. The monoisotopic (exact) mass is 371 g/mol. The summed E-state index contributed by atoms with van der Waals surface area (Å²) in [4.78, 5) is 15.0. The Morgan fingerprint density at radius 2 is 2.05 bits per heavy atom. The fourth-order valence-corrected chi connectivity index (χ4v) is 3.89. The summed E-state index contributed by atoms with van der Waals surface area (Å²) in [7, 11) is 0. The number of anilines is 1. The van der Waals surface area contributed by atoms with Crippen molar-refractivity contribution in [3.63, 3.8) is 0 Å². The van der Waals surface area contributed by atoms with Gasteiger partial charge in [0.1, 0.15) is 5.82 Å². The molecule has 0 atom stereocenters. The number of primary amides is 1. The molecule has 2 heterocycles. The Hall–Kier alpha value is -1.18. The van der Waals surface area contributed by atoms with Crippen molar-refractivity contribution < 1.29 is 9.90 Å². The van der Waals surface area contributed by atoms with Crippen LogP contribution in [0, 0.1) is 0 Å². The number of aliphatic hydroxyl groups excluding tert-OH is 1. The number of aromatic nitrogens is 1. The lowest BCUT2D eigenvalue weighted by Crippen LogP contribution is -2.11. The predicted octanol–water partition coefficient (Wildman–Crippen LogP) is 3.05. The Morgan fingerprint density at radius 3 is 2.57 bits per heavy atom. The maximum atomic E-state index is 11.1. The van der Waals surface area contributed by atoms with E-state index in [0.29, 0.717) is 11.4 Å². The van der Waals surface area contributed by atoms with E-state index in [1.165, 1.54) is 36.8 Å². The van der Waals surface area contributed by atoms with Gasteiger partial charge in [-0.15, -0.1) is 11.3 Å². The number of thiophene rings is 1. The molecule has 2 aromatic rings. The Balaban J connectivity index is 0.000000194. The molecule has 7 heteroatoms. The normalized spacial score (nSPS) is 15.5. The molecule has 0 spiro atoms. The summed E-state index contributed by atoms with van der Waals surface area (Å²) in [5, 5.41) is 9.67. The molecule has 1 saturated carbocycles. The molecule has 114 valence electrons. The van der Waals surface area contributed by atoms with E-state index in [9.17, 15) is 4.79 Å². The summed E-state index contributed by atoms with van der Waals surface area (Å²) in [5.74, 6) is -0.0798. The zero-order valence-electron chi connectivity index (χ0n) is 11.5. The van der Waals surface area contributed by atoms with Gasteiger partial charge in [0.05, 0.1) is 20.2 Å². The van der Waals surface area contributed by atoms with Gasteiger partial charge in [-0.25, -0.2) is 4.98 Å². The van der Waals surface area contributed by atoms with E-state index < -0.39 is 5.91 Å². The van der Waals surface area contributed by atoms with Crippen molar-refractivity contribution in [1.29, 1.82) is 0 Å². The maximum absolute atomic E-state index is 11.1. The molecule has 0 aromatic carbocycles. The number of halogens is 1. The van der Waals surface area contributed by atoms with Crippen LogP contribution in [0.3, 0.4) is 0 Å².